The number of carbonyl (C=O) groups excluding carboxylic acids is 1. The van der Waals surface area contributed by atoms with Crippen molar-refractivity contribution in [3.8, 4) is 0 Å². The van der Waals surface area contributed by atoms with Crippen LogP contribution in [0.2, 0.25) is 5.28 Å². The zero-order chi connectivity index (χ0) is 23.0. The Hall–Kier alpha value is -2.30. The molecule has 4 rings (SSSR count). The molecule has 1 aliphatic heterocycles. The van der Waals surface area contributed by atoms with E-state index in [0.29, 0.717) is 17.9 Å². The van der Waals surface area contributed by atoms with E-state index in [9.17, 15) is 20.1 Å². The van der Waals surface area contributed by atoms with Crippen molar-refractivity contribution in [1.82, 2.24) is 24.8 Å². The fourth-order valence-corrected chi connectivity index (χ4v) is 4.31. The van der Waals surface area contributed by atoms with E-state index in [4.69, 9.17) is 22.1 Å². The highest BCUT2D eigenvalue weighted by atomic mass is 127. The van der Waals surface area contributed by atoms with Gasteiger partial charge in [0.15, 0.2) is 28.9 Å². The average Bonchev–Trinajstić information content (AvgIpc) is 3.25. The lowest BCUT2D eigenvalue weighted by atomic mass is 10.0. The number of amides is 2. The molecule has 0 unspecified atom stereocenters. The van der Waals surface area contributed by atoms with E-state index in [1.165, 1.54) is 10.9 Å². The molecule has 2 amide bonds. The van der Waals surface area contributed by atoms with Gasteiger partial charge in [-0.05, 0) is 51.9 Å². The number of carbonyl (C=O) groups is 1. The molecule has 2 aromatic heterocycles. The number of primary amides is 1. The van der Waals surface area contributed by atoms with Crippen molar-refractivity contribution in [2.24, 2.45) is 5.73 Å². The first-order valence-corrected chi connectivity index (χ1v) is 10.8. The average molecular weight is 576 g/mol. The van der Waals surface area contributed by atoms with Gasteiger partial charge in [-0.15, -0.1) is 0 Å². The second-order valence-electron chi connectivity index (χ2n) is 7.11. The Bertz CT molecular complexity index is 1160. The van der Waals surface area contributed by atoms with Crippen LogP contribution >= 0.6 is 34.2 Å². The Balaban J connectivity index is 1.67. The van der Waals surface area contributed by atoms with Gasteiger partial charge in [-0.2, -0.15) is 9.97 Å². The van der Waals surface area contributed by atoms with Crippen LogP contribution in [-0.2, 0) is 11.3 Å². The molecule has 0 saturated carbocycles. The first-order valence-electron chi connectivity index (χ1n) is 9.35. The number of imidazole rings is 1. The molecule has 4 atom stereocenters. The third kappa shape index (κ3) is 4.18. The normalized spacial score (nSPS) is 25.2. The highest BCUT2D eigenvalue weighted by Crippen LogP contribution is 2.37. The summed E-state index contributed by atoms with van der Waals surface area (Å²) < 4.78 is 8.00. The number of hydrogen-bond donors (Lipinski definition) is 6. The molecule has 170 valence electrons. The number of aliphatic hydroxyl groups is 3. The predicted octanol–water partition coefficient (Wildman–Crippen LogP) is 0.304. The number of benzene rings is 1. The van der Waals surface area contributed by atoms with Gasteiger partial charge >= 0.3 is 6.03 Å². The molecule has 0 radical (unpaired) electrons. The van der Waals surface area contributed by atoms with Crippen molar-refractivity contribution >= 4 is 57.2 Å². The number of halogens is 2. The van der Waals surface area contributed by atoms with E-state index in [1.54, 1.807) is 0 Å². The Morgan fingerprint density at radius 2 is 2.19 bits per heavy atom. The van der Waals surface area contributed by atoms with Gasteiger partial charge in [0, 0.05) is 10.1 Å². The summed E-state index contributed by atoms with van der Waals surface area (Å²) in [6.07, 6.45) is -3.00. The van der Waals surface area contributed by atoms with E-state index in [-0.39, 0.29) is 10.9 Å². The highest BCUT2D eigenvalue weighted by Gasteiger charge is 2.57. The molecular formula is C18H19ClIN7O5. The number of nitrogens with zero attached hydrogens (tertiary/aromatic N) is 4. The molecule has 0 bridgehead atoms. The lowest BCUT2D eigenvalue weighted by Crippen LogP contribution is -2.62. The summed E-state index contributed by atoms with van der Waals surface area (Å²) in [5, 5.41) is 36.1. The summed E-state index contributed by atoms with van der Waals surface area (Å²) in [7, 11) is 0. The monoisotopic (exact) mass is 575 g/mol. The van der Waals surface area contributed by atoms with Crippen molar-refractivity contribution in [2.45, 2.75) is 30.7 Å². The van der Waals surface area contributed by atoms with Crippen LogP contribution < -0.4 is 16.4 Å². The fourth-order valence-electron chi connectivity index (χ4n) is 3.54. The van der Waals surface area contributed by atoms with E-state index in [2.05, 4.69) is 42.9 Å². The Kier molecular flexibility index (Phi) is 6.37. The standard InChI is InChI=1S/C18H19ClIN7O5/c19-16-24-13(22-5-8-2-1-3-9(20)4-8)11-14(25-16)27(7-23-11)15-12(29)18(31,26-17(21)30)10(6-28)32-15/h1-4,7,10,12,15,28-29,31H,5-6H2,(H3,21,26,30)(H,22,24,25)/t10-,12+,15-,18-/m1/s1. The number of fused-ring (bicyclic) bond motifs is 1. The Morgan fingerprint density at radius 1 is 1.41 bits per heavy atom. The molecule has 7 N–H and O–H groups in total. The molecule has 3 aromatic rings. The molecule has 0 spiro atoms. The highest BCUT2D eigenvalue weighted by molar-refractivity contribution is 14.1. The molecule has 3 heterocycles. The smallest absolute Gasteiger partial charge is 0.314 e. The number of rotatable bonds is 6. The number of aliphatic hydroxyl groups excluding tert-OH is 2. The van der Waals surface area contributed by atoms with Gasteiger partial charge in [-0.3, -0.25) is 4.57 Å². The SMILES string of the molecule is NC(=O)N[C@@]1(O)[C@@H](CO)O[C@@H](n2cnc3c(NCc4cccc(I)c4)nc(Cl)nc32)[C@@H]1O. The van der Waals surface area contributed by atoms with E-state index in [0.717, 1.165) is 9.13 Å². The fraction of sp³-hybridized carbons (Fsp3) is 0.333. The van der Waals surface area contributed by atoms with Crippen molar-refractivity contribution in [3.05, 3.63) is 45.0 Å². The zero-order valence-electron chi connectivity index (χ0n) is 16.3. The maximum atomic E-state index is 11.3. The lowest BCUT2D eigenvalue weighted by Gasteiger charge is -2.30. The molecule has 1 fully saturated rings. The number of nitrogens with one attached hydrogen (secondary N) is 2. The Labute approximate surface area is 199 Å². The number of nitrogens with two attached hydrogens (primary N) is 1. The predicted molar refractivity (Wildman–Crippen MR) is 121 cm³/mol. The first-order chi connectivity index (χ1) is 15.2. The molecule has 32 heavy (non-hydrogen) atoms. The van der Waals surface area contributed by atoms with Crippen molar-refractivity contribution in [3.63, 3.8) is 0 Å². The largest absolute Gasteiger partial charge is 0.393 e. The van der Waals surface area contributed by atoms with Crippen LogP contribution in [0.4, 0.5) is 10.6 Å². The summed E-state index contributed by atoms with van der Waals surface area (Å²) in [5.41, 5.74) is 4.33. The minimum atomic E-state index is -2.33. The molecule has 1 aliphatic rings. The van der Waals surface area contributed by atoms with Crippen molar-refractivity contribution in [1.29, 1.82) is 0 Å². The van der Waals surface area contributed by atoms with Gasteiger partial charge in [0.1, 0.15) is 12.2 Å². The maximum Gasteiger partial charge on any atom is 0.314 e. The van der Waals surface area contributed by atoms with Crippen LogP contribution in [0.5, 0.6) is 0 Å². The van der Waals surface area contributed by atoms with E-state index < -0.39 is 36.8 Å². The van der Waals surface area contributed by atoms with Gasteiger partial charge in [-0.25, -0.2) is 9.78 Å². The van der Waals surface area contributed by atoms with Gasteiger partial charge in [-0.1, -0.05) is 12.1 Å². The maximum absolute atomic E-state index is 11.3. The van der Waals surface area contributed by atoms with Gasteiger partial charge in [0.25, 0.3) is 0 Å². The summed E-state index contributed by atoms with van der Waals surface area (Å²) in [4.78, 5) is 24.0. The van der Waals surface area contributed by atoms with E-state index >= 15 is 0 Å². The van der Waals surface area contributed by atoms with Crippen LogP contribution in [0.15, 0.2) is 30.6 Å². The summed E-state index contributed by atoms with van der Waals surface area (Å²) in [6.45, 7) is -0.251. The van der Waals surface area contributed by atoms with Crippen molar-refractivity contribution < 1.29 is 24.9 Å². The van der Waals surface area contributed by atoms with Crippen LogP contribution in [0, 0.1) is 3.57 Å². The third-order valence-corrected chi connectivity index (χ3v) is 5.86. The third-order valence-electron chi connectivity index (χ3n) is 5.02. The minimum absolute atomic E-state index is 0.0823. The Morgan fingerprint density at radius 3 is 2.88 bits per heavy atom. The second kappa shape index (κ2) is 8.92. The topological polar surface area (TPSA) is 181 Å². The quantitative estimate of drug-likeness (QED) is 0.137. The van der Waals surface area contributed by atoms with Crippen LogP contribution in [0.25, 0.3) is 11.2 Å². The molecule has 0 aliphatic carbocycles. The van der Waals surface area contributed by atoms with Crippen LogP contribution in [-0.4, -0.2) is 65.4 Å². The lowest BCUT2D eigenvalue weighted by molar-refractivity contribution is -0.105. The number of aromatic nitrogens is 4. The van der Waals surface area contributed by atoms with Gasteiger partial charge < -0.3 is 36.4 Å². The minimum Gasteiger partial charge on any atom is -0.393 e. The van der Waals surface area contributed by atoms with E-state index in [1.807, 2.05) is 29.6 Å². The molecule has 12 nitrogen and oxygen atoms in total. The van der Waals surface area contributed by atoms with Gasteiger partial charge in [0.05, 0.1) is 12.9 Å². The number of ether oxygens (including phenoxy) is 1. The van der Waals surface area contributed by atoms with Gasteiger partial charge in [0.2, 0.25) is 5.28 Å². The van der Waals surface area contributed by atoms with Crippen molar-refractivity contribution in [2.75, 3.05) is 11.9 Å². The molecule has 1 saturated heterocycles. The second-order valence-corrected chi connectivity index (χ2v) is 8.69. The zero-order valence-corrected chi connectivity index (χ0v) is 19.2. The molecular weight excluding hydrogens is 557 g/mol. The van der Waals surface area contributed by atoms with Crippen LogP contribution in [0.1, 0.15) is 11.8 Å². The number of anilines is 1. The number of urea groups is 1. The summed E-state index contributed by atoms with van der Waals surface area (Å²) >= 11 is 8.33. The summed E-state index contributed by atoms with van der Waals surface area (Å²) in [5.74, 6) is 0.356. The molecule has 1 aromatic carbocycles. The van der Waals surface area contributed by atoms with Crippen LogP contribution in [0.3, 0.4) is 0 Å². The first kappa shape index (κ1) is 22.9. The number of hydrogen-bond acceptors (Lipinski definition) is 9. The molecule has 14 heteroatoms. The summed E-state index contributed by atoms with van der Waals surface area (Å²) in [6, 6.07) is 6.78.